The summed E-state index contributed by atoms with van der Waals surface area (Å²) in [5.74, 6) is 1.39. The molecular weight excluding hydrogens is 467 g/mol. The maximum Gasteiger partial charge on any atom is 0.239 e. The second kappa shape index (κ2) is 12.2. The van der Waals surface area contributed by atoms with E-state index in [9.17, 15) is 4.79 Å². The van der Waals surface area contributed by atoms with E-state index in [-0.39, 0.29) is 36.4 Å². The summed E-state index contributed by atoms with van der Waals surface area (Å²) in [5.41, 5.74) is 3.44. The smallest absolute Gasteiger partial charge is 0.239 e. The van der Waals surface area contributed by atoms with Crippen LogP contribution in [0.1, 0.15) is 16.7 Å². The van der Waals surface area contributed by atoms with Gasteiger partial charge in [-0.3, -0.25) is 9.79 Å². The normalized spacial score (nSPS) is 10.6. The number of hydrogen-bond donors (Lipinski definition) is 2. The van der Waals surface area contributed by atoms with E-state index < -0.39 is 0 Å². The van der Waals surface area contributed by atoms with E-state index in [2.05, 4.69) is 46.8 Å². The summed E-state index contributed by atoms with van der Waals surface area (Å²) in [4.78, 5) is 18.3. The molecular formula is C21H29IN4O2. The molecule has 0 aliphatic heterocycles. The Hall–Kier alpha value is -2.29. The molecule has 2 aromatic carbocycles. The zero-order valence-electron chi connectivity index (χ0n) is 16.9. The molecule has 0 saturated heterocycles. The summed E-state index contributed by atoms with van der Waals surface area (Å²) in [6.45, 7) is 3.43. The standard InChI is InChI=1S/C21H28N4O2.HI/c1-16-5-7-18(8-6-16)15-25(3)21(22-2)24-14-20(26)23-13-17-9-11-19(27-4)12-10-17;/h5-12H,13-15H2,1-4H3,(H,22,24)(H,23,26);1H. The molecule has 7 heteroatoms. The number of guanidine groups is 1. The number of halogens is 1. The van der Waals surface area contributed by atoms with Gasteiger partial charge in [0, 0.05) is 27.2 Å². The first-order valence-electron chi connectivity index (χ1n) is 8.88. The van der Waals surface area contributed by atoms with Crippen LogP contribution in [0.25, 0.3) is 0 Å². The molecule has 0 aliphatic carbocycles. The number of nitrogens with one attached hydrogen (secondary N) is 2. The van der Waals surface area contributed by atoms with Crippen molar-refractivity contribution < 1.29 is 9.53 Å². The Labute approximate surface area is 184 Å². The molecule has 0 heterocycles. The average molecular weight is 496 g/mol. The minimum absolute atomic E-state index is 0. The first-order valence-corrected chi connectivity index (χ1v) is 8.88. The number of ether oxygens (including phenoxy) is 1. The third-order valence-electron chi connectivity index (χ3n) is 4.17. The molecule has 0 unspecified atom stereocenters. The van der Waals surface area contributed by atoms with Crippen molar-refractivity contribution >= 4 is 35.8 Å². The summed E-state index contributed by atoms with van der Waals surface area (Å²) < 4.78 is 5.13. The molecule has 6 nitrogen and oxygen atoms in total. The van der Waals surface area contributed by atoms with Gasteiger partial charge in [-0.1, -0.05) is 42.0 Å². The van der Waals surface area contributed by atoms with Gasteiger partial charge < -0.3 is 20.3 Å². The molecule has 0 aliphatic rings. The Morgan fingerprint density at radius 3 is 2.21 bits per heavy atom. The quantitative estimate of drug-likeness (QED) is 0.352. The summed E-state index contributed by atoms with van der Waals surface area (Å²) in [7, 11) is 5.29. The van der Waals surface area contributed by atoms with Crippen LogP contribution in [0, 0.1) is 6.92 Å². The first-order chi connectivity index (χ1) is 13.0. The zero-order chi connectivity index (χ0) is 19.6. The topological polar surface area (TPSA) is 66.0 Å². The molecule has 152 valence electrons. The molecule has 0 spiro atoms. The Morgan fingerprint density at radius 1 is 1.04 bits per heavy atom. The van der Waals surface area contributed by atoms with Gasteiger partial charge in [0.05, 0.1) is 13.7 Å². The van der Waals surface area contributed by atoms with Crippen LogP contribution < -0.4 is 15.4 Å². The highest BCUT2D eigenvalue weighted by atomic mass is 127. The fraction of sp³-hybridized carbons (Fsp3) is 0.333. The van der Waals surface area contributed by atoms with Crippen molar-refractivity contribution in [3.63, 3.8) is 0 Å². The van der Waals surface area contributed by atoms with Crippen molar-refractivity contribution in [3.05, 3.63) is 65.2 Å². The van der Waals surface area contributed by atoms with Crippen LogP contribution in [0.2, 0.25) is 0 Å². The van der Waals surface area contributed by atoms with Crippen molar-refractivity contribution in [2.75, 3.05) is 27.7 Å². The van der Waals surface area contributed by atoms with Gasteiger partial charge in [-0.25, -0.2) is 0 Å². The summed E-state index contributed by atoms with van der Waals surface area (Å²) >= 11 is 0. The predicted octanol–water partition coefficient (Wildman–Crippen LogP) is 2.95. The van der Waals surface area contributed by atoms with Crippen molar-refractivity contribution in [2.24, 2.45) is 4.99 Å². The molecule has 2 aromatic rings. The minimum Gasteiger partial charge on any atom is -0.497 e. The lowest BCUT2D eigenvalue weighted by Gasteiger charge is -2.22. The molecule has 2 N–H and O–H groups in total. The molecule has 0 aromatic heterocycles. The maximum atomic E-state index is 12.1. The summed E-state index contributed by atoms with van der Waals surface area (Å²) in [6, 6.07) is 16.0. The maximum absolute atomic E-state index is 12.1. The van der Waals surface area contributed by atoms with Crippen molar-refractivity contribution in [2.45, 2.75) is 20.0 Å². The van der Waals surface area contributed by atoms with E-state index in [0.29, 0.717) is 19.0 Å². The van der Waals surface area contributed by atoms with Gasteiger partial charge in [0.15, 0.2) is 5.96 Å². The second-order valence-electron chi connectivity index (χ2n) is 6.37. The highest BCUT2D eigenvalue weighted by molar-refractivity contribution is 14.0. The fourth-order valence-corrected chi connectivity index (χ4v) is 2.59. The monoisotopic (exact) mass is 496 g/mol. The highest BCUT2D eigenvalue weighted by Crippen LogP contribution is 2.10. The van der Waals surface area contributed by atoms with Crippen LogP contribution in [-0.2, 0) is 17.9 Å². The molecule has 1 amide bonds. The average Bonchev–Trinajstić information content (AvgIpc) is 2.69. The number of benzene rings is 2. The number of aliphatic imine (C=N–C) groups is 1. The lowest BCUT2D eigenvalue weighted by atomic mass is 10.1. The number of amides is 1. The number of nitrogens with zero attached hydrogens (tertiary/aromatic N) is 2. The van der Waals surface area contributed by atoms with E-state index in [0.717, 1.165) is 11.3 Å². The summed E-state index contributed by atoms with van der Waals surface area (Å²) in [6.07, 6.45) is 0. The number of carbonyl (C=O) groups is 1. The van der Waals surface area contributed by atoms with Gasteiger partial charge in [0.2, 0.25) is 5.91 Å². The molecule has 2 rings (SSSR count). The molecule has 0 bridgehead atoms. The molecule has 0 radical (unpaired) electrons. The first kappa shape index (κ1) is 23.7. The van der Waals surface area contributed by atoms with Crippen LogP contribution in [0.4, 0.5) is 0 Å². The predicted molar refractivity (Wildman–Crippen MR) is 124 cm³/mol. The summed E-state index contributed by atoms with van der Waals surface area (Å²) in [5, 5.41) is 5.99. The number of methoxy groups -OCH3 is 1. The van der Waals surface area contributed by atoms with Crippen LogP contribution in [0.5, 0.6) is 5.75 Å². The lowest BCUT2D eigenvalue weighted by Crippen LogP contribution is -2.43. The van der Waals surface area contributed by atoms with Crippen LogP contribution in [-0.4, -0.2) is 44.5 Å². The van der Waals surface area contributed by atoms with E-state index in [1.807, 2.05) is 36.2 Å². The fourth-order valence-electron chi connectivity index (χ4n) is 2.59. The number of hydrogen-bond acceptors (Lipinski definition) is 3. The van der Waals surface area contributed by atoms with Crippen molar-refractivity contribution in [1.82, 2.24) is 15.5 Å². The van der Waals surface area contributed by atoms with Gasteiger partial charge in [0.1, 0.15) is 5.75 Å². The van der Waals surface area contributed by atoms with Crippen molar-refractivity contribution in [1.29, 1.82) is 0 Å². The van der Waals surface area contributed by atoms with Crippen molar-refractivity contribution in [3.8, 4) is 5.75 Å². The largest absolute Gasteiger partial charge is 0.497 e. The zero-order valence-corrected chi connectivity index (χ0v) is 19.2. The van der Waals surface area contributed by atoms with Crippen LogP contribution in [0.15, 0.2) is 53.5 Å². The highest BCUT2D eigenvalue weighted by Gasteiger charge is 2.09. The van der Waals surface area contributed by atoms with Gasteiger partial charge in [-0.15, -0.1) is 24.0 Å². The van der Waals surface area contributed by atoms with Gasteiger partial charge >= 0.3 is 0 Å². The minimum atomic E-state index is -0.0873. The molecule has 0 atom stereocenters. The molecule has 0 fully saturated rings. The Bertz CT molecular complexity index is 761. The third kappa shape index (κ3) is 7.75. The molecule has 0 saturated carbocycles. The second-order valence-corrected chi connectivity index (χ2v) is 6.37. The van der Waals surface area contributed by atoms with E-state index in [1.165, 1.54) is 11.1 Å². The van der Waals surface area contributed by atoms with Gasteiger partial charge in [-0.05, 0) is 30.2 Å². The number of carbonyl (C=O) groups excluding carboxylic acids is 1. The third-order valence-corrected chi connectivity index (χ3v) is 4.17. The van der Waals surface area contributed by atoms with E-state index in [4.69, 9.17) is 4.74 Å². The van der Waals surface area contributed by atoms with Gasteiger partial charge in [0.25, 0.3) is 0 Å². The molecule has 28 heavy (non-hydrogen) atoms. The van der Waals surface area contributed by atoms with Crippen LogP contribution in [0.3, 0.4) is 0 Å². The Balaban J connectivity index is 0.00000392. The lowest BCUT2D eigenvalue weighted by molar-refractivity contribution is -0.120. The van der Waals surface area contributed by atoms with E-state index in [1.54, 1.807) is 14.2 Å². The SMILES string of the molecule is CN=C(NCC(=O)NCc1ccc(OC)cc1)N(C)Cc1ccc(C)cc1.I. The Kier molecular flexibility index (Phi) is 10.4. The van der Waals surface area contributed by atoms with E-state index >= 15 is 0 Å². The Morgan fingerprint density at radius 2 is 1.64 bits per heavy atom. The van der Waals surface area contributed by atoms with Gasteiger partial charge in [-0.2, -0.15) is 0 Å². The van der Waals surface area contributed by atoms with Crippen LogP contribution >= 0.6 is 24.0 Å². The number of rotatable bonds is 7. The number of aryl methyl sites for hydroxylation is 1.